The number of nitrogens with one attached hydrogen (secondary N) is 2. The summed E-state index contributed by atoms with van der Waals surface area (Å²) in [6.07, 6.45) is 0.753. The van der Waals surface area contributed by atoms with Crippen molar-refractivity contribution >= 4 is 11.7 Å². The number of amides is 2. The van der Waals surface area contributed by atoms with Crippen LogP contribution in [0.4, 0.5) is 10.5 Å². The van der Waals surface area contributed by atoms with Gasteiger partial charge in [0.25, 0.3) is 0 Å². The molecule has 0 atom stereocenters. The van der Waals surface area contributed by atoms with Gasteiger partial charge in [0.05, 0.1) is 6.61 Å². The minimum Gasteiger partial charge on any atom is -0.494 e. The molecule has 2 N–H and O–H groups in total. The maximum atomic E-state index is 12.1. The van der Waals surface area contributed by atoms with E-state index in [1.165, 1.54) is 0 Å². The number of ether oxygens (including phenoxy) is 1. The summed E-state index contributed by atoms with van der Waals surface area (Å²) in [7, 11) is 0. The summed E-state index contributed by atoms with van der Waals surface area (Å²) in [6.45, 7) is 7.53. The smallest absolute Gasteiger partial charge is 0.319 e. The van der Waals surface area contributed by atoms with Crippen molar-refractivity contribution in [3.63, 3.8) is 0 Å². The van der Waals surface area contributed by atoms with Crippen LogP contribution in [0.5, 0.6) is 5.75 Å². The van der Waals surface area contributed by atoms with Crippen molar-refractivity contribution in [3.05, 3.63) is 60.2 Å². The summed E-state index contributed by atoms with van der Waals surface area (Å²) in [4.78, 5) is 12.1. The molecule has 0 aromatic heterocycles. The van der Waals surface area contributed by atoms with Gasteiger partial charge >= 0.3 is 6.03 Å². The molecule has 0 bridgehead atoms. The second-order valence-electron chi connectivity index (χ2n) is 6.69. The van der Waals surface area contributed by atoms with E-state index < -0.39 is 0 Å². The molecule has 0 aliphatic carbocycles. The lowest BCUT2D eigenvalue weighted by Gasteiger charge is -2.23. The Labute approximate surface area is 144 Å². The van der Waals surface area contributed by atoms with Crippen molar-refractivity contribution in [2.75, 3.05) is 18.5 Å². The highest BCUT2D eigenvalue weighted by atomic mass is 16.5. The van der Waals surface area contributed by atoms with E-state index in [2.05, 4.69) is 31.4 Å². The Morgan fingerprint density at radius 2 is 1.67 bits per heavy atom. The van der Waals surface area contributed by atoms with Crippen molar-refractivity contribution in [2.24, 2.45) is 0 Å². The van der Waals surface area contributed by atoms with Crippen LogP contribution in [-0.2, 0) is 5.41 Å². The zero-order chi connectivity index (χ0) is 17.4. The fourth-order valence-electron chi connectivity index (χ4n) is 2.39. The van der Waals surface area contributed by atoms with Gasteiger partial charge in [0.1, 0.15) is 5.75 Å². The fraction of sp³-hybridized carbons (Fsp3) is 0.350. The molecule has 4 heteroatoms. The van der Waals surface area contributed by atoms with E-state index in [4.69, 9.17) is 4.74 Å². The maximum Gasteiger partial charge on any atom is 0.319 e. The third-order valence-electron chi connectivity index (χ3n) is 3.60. The van der Waals surface area contributed by atoms with Crippen LogP contribution in [0.2, 0.25) is 0 Å². The van der Waals surface area contributed by atoms with E-state index in [9.17, 15) is 4.79 Å². The average molecular weight is 326 g/mol. The summed E-state index contributed by atoms with van der Waals surface area (Å²) in [5, 5.41) is 5.80. The highest BCUT2D eigenvalue weighted by molar-refractivity contribution is 5.90. The van der Waals surface area contributed by atoms with Crippen LogP contribution in [0.3, 0.4) is 0 Å². The largest absolute Gasteiger partial charge is 0.494 e. The molecule has 0 saturated heterocycles. The fourth-order valence-corrected chi connectivity index (χ4v) is 2.39. The molecule has 0 heterocycles. The van der Waals surface area contributed by atoms with Crippen LogP contribution in [0, 0.1) is 0 Å². The van der Waals surface area contributed by atoms with Gasteiger partial charge < -0.3 is 15.4 Å². The molecule has 0 aliphatic heterocycles. The summed E-state index contributed by atoms with van der Waals surface area (Å²) in [5.74, 6) is 0.848. The molecule has 4 nitrogen and oxygen atoms in total. The number of anilines is 1. The van der Waals surface area contributed by atoms with E-state index in [1.807, 2.05) is 54.6 Å². The minimum absolute atomic E-state index is 0.0204. The lowest BCUT2D eigenvalue weighted by atomic mass is 9.86. The highest BCUT2D eigenvalue weighted by Crippen LogP contribution is 2.29. The number of carbonyl (C=O) groups excluding carboxylic acids is 1. The van der Waals surface area contributed by atoms with Gasteiger partial charge in [0, 0.05) is 12.2 Å². The van der Waals surface area contributed by atoms with Crippen LogP contribution in [0.25, 0.3) is 0 Å². The number of benzene rings is 2. The molecule has 2 aromatic rings. The Morgan fingerprint density at radius 1 is 1.00 bits per heavy atom. The standard InChI is InChI=1S/C20H26N2O2/c1-20(2,3)17-12-7-8-13-18(17)22-19(23)21-14-9-15-24-16-10-5-4-6-11-16/h4-8,10-13H,9,14-15H2,1-3H3,(H2,21,22,23). The van der Waals surface area contributed by atoms with Crippen LogP contribution in [-0.4, -0.2) is 19.2 Å². The number of para-hydroxylation sites is 2. The highest BCUT2D eigenvalue weighted by Gasteiger charge is 2.18. The second-order valence-corrected chi connectivity index (χ2v) is 6.69. The Bertz CT molecular complexity index is 648. The van der Waals surface area contributed by atoms with Crippen LogP contribution < -0.4 is 15.4 Å². The molecular formula is C20H26N2O2. The van der Waals surface area contributed by atoms with E-state index in [-0.39, 0.29) is 11.4 Å². The van der Waals surface area contributed by atoms with E-state index >= 15 is 0 Å². The Balaban J connectivity index is 1.74. The normalized spacial score (nSPS) is 11.0. The summed E-state index contributed by atoms with van der Waals surface area (Å²) < 4.78 is 5.60. The van der Waals surface area contributed by atoms with Crippen molar-refractivity contribution < 1.29 is 9.53 Å². The number of rotatable bonds is 6. The predicted octanol–water partition coefficient (Wildman–Crippen LogP) is 4.57. The molecule has 0 fully saturated rings. The minimum atomic E-state index is -0.189. The van der Waals surface area contributed by atoms with Gasteiger partial charge in [0.2, 0.25) is 0 Å². The van der Waals surface area contributed by atoms with E-state index in [0.29, 0.717) is 13.2 Å². The molecule has 2 rings (SSSR count). The molecule has 0 unspecified atom stereocenters. The summed E-state index contributed by atoms with van der Waals surface area (Å²) in [6, 6.07) is 17.4. The predicted molar refractivity (Wildman–Crippen MR) is 98.7 cm³/mol. The van der Waals surface area contributed by atoms with Crippen molar-refractivity contribution in [1.82, 2.24) is 5.32 Å². The molecular weight excluding hydrogens is 300 g/mol. The monoisotopic (exact) mass is 326 g/mol. The summed E-state index contributed by atoms with van der Waals surface area (Å²) in [5.41, 5.74) is 1.95. The van der Waals surface area contributed by atoms with E-state index in [0.717, 1.165) is 23.4 Å². The van der Waals surface area contributed by atoms with Gasteiger partial charge in [-0.3, -0.25) is 0 Å². The molecule has 0 saturated carbocycles. The van der Waals surface area contributed by atoms with E-state index in [1.54, 1.807) is 0 Å². The van der Waals surface area contributed by atoms with Crippen molar-refractivity contribution in [1.29, 1.82) is 0 Å². The summed E-state index contributed by atoms with van der Waals surface area (Å²) >= 11 is 0. The van der Waals surface area contributed by atoms with Crippen LogP contribution >= 0.6 is 0 Å². The Kier molecular flexibility index (Phi) is 6.24. The number of hydrogen-bond donors (Lipinski definition) is 2. The average Bonchev–Trinajstić information content (AvgIpc) is 2.55. The van der Waals surface area contributed by atoms with Gasteiger partial charge in [-0.25, -0.2) is 4.79 Å². The molecule has 0 spiro atoms. The first-order valence-electron chi connectivity index (χ1n) is 8.29. The third kappa shape index (κ3) is 5.61. The molecule has 24 heavy (non-hydrogen) atoms. The Hall–Kier alpha value is -2.49. The molecule has 0 radical (unpaired) electrons. The quantitative estimate of drug-likeness (QED) is 0.764. The number of carbonyl (C=O) groups is 1. The lowest BCUT2D eigenvalue weighted by molar-refractivity contribution is 0.250. The SMILES string of the molecule is CC(C)(C)c1ccccc1NC(=O)NCCCOc1ccccc1. The van der Waals surface area contributed by atoms with Gasteiger partial charge in [-0.05, 0) is 35.6 Å². The van der Waals surface area contributed by atoms with Gasteiger partial charge in [-0.15, -0.1) is 0 Å². The van der Waals surface area contributed by atoms with Crippen LogP contribution in [0.15, 0.2) is 54.6 Å². The first kappa shape index (κ1) is 17.9. The number of hydrogen-bond acceptors (Lipinski definition) is 2. The van der Waals surface area contributed by atoms with Crippen molar-refractivity contribution in [2.45, 2.75) is 32.6 Å². The van der Waals surface area contributed by atoms with Crippen molar-refractivity contribution in [3.8, 4) is 5.75 Å². The zero-order valence-electron chi connectivity index (χ0n) is 14.6. The van der Waals surface area contributed by atoms with Gasteiger partial charge in [-0.1, -0.05) is 57.2 Å². The first-order valence-corrected chi connectivity index (χ1v) is 8.29. The molecule has 2 aromatic carbocycles. The Morgan fingerprint density at radius 3 is 2.38 bits per heavy atom. The second kappa shape index (κ2) is 8.39. The van der Waals surface area contributed by atoms with Gasteiger partial charge in [0.15, 0.2) is 0 Å². The number of urea groups is 1. The zero-order valence-corrected chi connectivity index (χ0v) is 14.6. The molecule has 128 valence electrons. The van der Waals surface area contributed by atoms with Crippen LogP contribution in [0.1, 0.15) is 32.8 Å². The van der Waals surface area contributed by atoms with Gasteiger partial charge in [-0.2, -0.15) is 0 Å². The topological polar surface area (TPSA) is 50.4 Å². The lowest BCUT2D eigenvalue weighted by Crippen LogP contribution is -2.31. The molecule has 2 amide bonds. The third-order valence-corrected chi connectivity index (χ3v) is 3.60. The first-order chi connectivity index (χ1) is 11.5. The molecule has 0 aliphatic rings. The maximum absolute atomic E-state index is 12.1.